The van der Waals surface area contributed by atoms with Gasteiger partial charge in [0.25, 0.3) is 0 Å². The Morgan fingerprint density at radius 2 is 0.804 bits per heavy atom. The Labute approximate surface area is 296 Å². The number of benzene rings is 9. The van der Waals surface area contributed by atoms with E-state index in [1.807, 2.05) is 18.5 Å². The number of hydrogen-bond donors (Lipinski definition) is 0. The van der Waals surface area contributed by atoms with Gasteiger partial charge in [-0.25, -0.2) is 0 Å². The smallest absolute Gasteiger partial charge is 0.0468 e. The fourth-order valence-corrected chi connectivity index (χ4v) is 7.90. The van der Waals surface area contributed by atoms with E-state index < -0.39 is 0 Å². The van der Waals surface area contributed by atoms with Crippen LogP contribution in [0.25, 0.3) is 76.1 Å². The average molecular weight is 649 g/mol. The lowest BCUT2D eigenvalue weighted by Crippen LogP contribution is -2.10. The topological polar surface area (TPSA) is 16.1 Å². The lowest BCUT2D eigenvalue weighted by atomic mass is 9.93. The zero-order chi connectivity index (χ0) is 33.7. The third kappa shape index (κ3) is 4.92. The summed E-state index contributed by atoms with van der Waals surface area (Å²) in [6, 6.07) is 66.2. The van der Waals surface area contributed by atoms with E-state index in [2.05, 4.69) is 186 Å². The third-order valence-corrected chi connectivity index (χ3v) is 10.3. The van der Waals surface area contributed by atoms with Gasteiger partial charge in [0, 0.05) is 29.5 Å². The molecule has 9 aromatic carbocycles. The van der Waals surface area contributed by atoms with E-state index in [0.29, 0.717) is 0 Å². The summed E-state index contributed by atoms with van der Waals surface area (Å²) in [5, 5.41) is 12.7. The molecule has 0 amide bonds. The lowest BCUT2D eigenvalue weighted by molar-refractivity contribution is 1.29. The molecule has 2 heteroatoms. The van der Waals surface area contributed by atoms with Gasteiger partial charge in [-0.1, -0.05) is 133 Å². The molecule has 1 aromatic heterocycles. The predicted molar refractivity (Wildman–Crippen MR) is 217 cm³/mol. The summed E-state index contributed by atoms with van der Waals surface area (Å²) < 4.78 is 0. The highest BCUT2D eigenvalue weighted by Crippen LogP contribution is 2.42. The Morgan fingerprint density at radius 1 is 0.314 bits per heavy atom. The molecule has 238 valence electrons. The zero-order valence-corrected chi connectivity index (χ0v) is 27.9. The molecule has 10 rings (SSSR count). The van der Waals surface area contributed by atoms with Crippen LogP contribution in [0, 0.1) is 0 Å². The second-order valence-electron chi connectivity index (χ2n) is 13.2. The highest BCUT2D eigenvalue weighted by molar-refractivity contribution is 6.25. The van der Waals surface area contributed by atoms with Crippen LogP contribution in [-0.4, -0.2) is 4.98 Å². The van der Waals surface area contributed by atoms with Crippen molar-refractivity contribution in [2.45, 2.75) is 0 Å². The summed E-state index contributed by atoms with van der Waals surface area (Å²) >= 11 is 0. The van der Waals surface area contributed by atoms with Gasteiger partial charge in [0.15, 0.2) is 0 Å². The van der Waals surface area contributed by atoms with E-state index in [0.717, 1.165) is 28.2 Å². The normalized spacial score (nSPS) is 11.5. The van der Waals surface area contributed by atoms with Crippen molar-refractivity contribution in [2.24, 2.45) is 0 Å². The van der Waals surface area contributed by atoms with Crippen molar-refractivity contribution in [1.82, 2.24) is 4.98 Å². The number of rotatable bonds is 5. The van der Waals surface area contributed by atoms with Crippen molar-refractivity contribution in [1.29, 1.82) is 0 Å². The molecule has 2 nitrogen and oxygen atoms in total. The lowest BCUT2D eigenvalue weighted by Gasteiger charge is -2.27. The van der Waals surface area contributed by atoms with Crippen LogP contribution < -0.4 is 4.90 Å². The van der Waals surface area contributed by atoms with Crippen LogP contribution in [0.15, 0.2) is 194 Å². The van der Waals surface area contributed by atoms with Gasteiger partial charge in [0.05, 0.1) is 0 Å². The molecule has 10 aromatic rings. The standard InChI is InChI=1S/C49H32N2/c1-2-12-40-35(10-1)30-48(45-17-7-3-13-41(40)45)34-21-25-38(26-22-34)51(37-23-19-33(20-24-37)36-11-9-29-50-32-36)39-27-28-47-44-16-5-4-14-42(44)43-15-6-8-18-46(43)49(47)31-39/h1-32H. The number of nitrogens with zero attached hydrogens (tertiary/aromatic N) is 2. The van der Waals surface area contributed by atoms with Crippen LogP contribution >= 0.6 is 0 Å². The first-order valence-corrected chi connectivity index (χ1v) is 17.4. The monoisotopic (exact) mass is 648 g/mol. The van der Waals surface area contributed by atoms with Crippen molar-refractivity contribution in [3.63, 3.8) is 0 Å². The molecule has 0 radical (unpaired) electrons. The molecule has 0 fully saturated rings. The molecule has 0 spiro atoms. The van der Waals surface area contributed by atoms with Gasteiger partial charge in [0.2, 0.25) is 0 Å². The van der Waals surface area contributed by atoms with Crippen LogP contribution in [-0.2, 0) is 0 Å². The summed E-state index contributed by atoms with van der Waals surface area (Å²) in [6.07, 6.45) is 3.73. The van der Waals surface area contributed by atoms with Crippen molar-refractivity contribution in [3.8, 4) is 22.3 Å². The summed E-state index contributed by atoms with van der Waals surface area (Å²) in [5.41, 5.74) is 7.99. The fourth-order valence-electron chi connectivity index (χ4n) is 7.90. The number of aromatic nitrogens is 1. The molecular weight excluding hydrogens is 617 g/mol. The molecule has 0 aliphatic carbocycles. The first kappa shape index (κ1) is 29.2. The van der Waals surface area contributed by atoms with Gasteiger partial charge in [0.1, 0.15) is 0 Å². The second-order valence-corrected chi connectivity index (χ2v) is 13.2. The molecular formula is C49H32N2. The van der Waals surface area contributed by atoms with Gasteiger partial charge in [-0.15, -0.1) is 0 Å². The molecule has 1 heterocycles. The quantitative estimate of drug-likeness (QED) is 0.173. The first-order chi connectivity index (χ1) is 25.3. The number of fused-ring (bicyclic) bond motifs is 9. The Bertz CT molecular complexity index is 2860. The maximum atomic E-state index is 4.35. The molecule has 51 heavy (non-hydrogen) atoms. The molecule has 0 unspecified atom stereocenters. The molecule has 0 aliphatic rings. The van der Waals surface area contributed by atoms with Crippen LogP contribution in [0.3, 0.4) is 0 Å². The molecule has 0 N–H and O–H groups in total. The van der Waals surface area contributed by atoms with Gasteiger partial charge in [-0.05, 0) is 125 Å². The summed E-state index contributed by atoms with van der Waals surface area (Å²) in [7, 11) is 0. The van der Waals surface area contributed by atoms with Gasteiger partial charge < -0.3 is 4.90 Å². The largest absolute Gasteiger partial charge is 0.310 e. The highest BCUT2D eigenvalue weighted by Gasteiger charge is 2.17. The molecule has 0 bridgehead atoms. The van der Waals surface area contributed by atoms with E-state index in [9.17, 15) is 0 Å². The SMILES string of the molecule is c1cncc(-c2ccc(N(c3ccc(-c4cc5ccccc5c5ccccc45)cc3)c3ccc4c5ccccc5c5ccccc5c4c3)cc2)c1. The Balaban J connectivity index is 1.15. The molecule has 0 aliphatic heterocycles. The van der Waals surface area contributed by atoms with Gasteiger partial charge in [-0.2, -0.15) is 0 Å². The highest BCUT2D eigenvalue weighted by atomic mass is 15.1. The maximum Gasteiger partial charge on any atom is 0.0468 e. The van der Waals surface area contributed by atoms with Crippen LogP contribution in [0.1, 0.15) is 0 Å². The number of pyridine rings is 1. The van der Waals surface area contributed by atoms with Crippen LogP contribution in [0.4, 0.5) is 17.1 Å². The summed E-state index contributed by atoms with van der Waals surface area (Å²) in [5.74, 6) is 0. The Hall–Kier alpha value is -6.77. The van der Waals surface area contributed by atoms with Crippen molar-refractivity contribution in [2.75, 3.05) is 4.90 Å². The number of hydrogen-bond acceptors (Lipinski definition) is 2. The van der Waals surface area contributed by atoms with Crippen LogP contribution in [0.5, 0.6) is 0 Å². The van der Waals surface area contributed by atoms with E-state index >= 15 is 0 Å². The minimum Gasteiger partial charge on any atom is -0.310 e. The van der Waals surface area contributed by atoms with E-state index in [4.69, 9.17) is 0 Å². The third-order valence-electron chi connectivity index (χ3n) is 10.3. The van der Waals surface area contributed by atoms with E-state index in [1.54, 1.807) is 0 Å². The van der Waals surface area contributed by atoms with Crippen molar-refractivity contribution < 1.29 is 0 Å². The average Bonchev–Trinajstić information content (AvgIpc) is 3.21. The van der Waals surface area contributed by atoms with E-state index in [-0.39, 0.29) is 0 Å². The molecule has 0 saturated heterocycles. The number of anilines is 3. The Kier molecular flexibility index (Phi) is 6.85. The minimum absolute atomic E-state index is 1.09. The summed E-state index contributed by atoms with van der Waals surface area (Å²) in [6.45, 7) is 0. The molecule has 0 saturated carbocycles. The minimum atomic E-state index is 1.09. The maximum absolute atomic E-state index is 4.35. The van der Waals surface area contributed by atoms with E-state index in [1.165, 1.54) is 65.0 Å². The van der Waals surface area contributed by atoms with Crippen molar-refractivity contribution in [3.05, 3.63) is 194 Å². The van der Waals surface area contributed by atoms with Gasteiger partial charge in [-0.3, -0.25) is 4.98 Å². The van der Waals surface area contributed by atoms with Crippen LogP contribution in [0.2, 0.25) is 0 Å². The fraction of sp³-hybridized carbons (Fsp3) is 0. The molecule has 0 atom stereocenters. The Morgan fingerprint density at radius 3 is 1.41 bits per heavy atom. The summed E-state index contributed by atoms with van der Waals surface area (Å²) in [4.78, 5) is 6.72. The zero-order valence-electron chi connectivity index (χ0n) is 27.9. The van der Waals surface area contributed by atoms with Gasteiger partial charge >= 0.3 is 0 Å². The predicted octanol–water partition coefficient (Wildman–Crippen LogP) is 13.7. The van der Waals surface area contributed by atoms with Crippen molar-refractivity contribution >= 4 is 70.9 Å². The first-order valence-electron chi connectivity index (χ1n) is 17.4. The second kappa shape index (κ2) is 12.0.